The Kier molecular flexibility index (Phi) is 4.70. The first kappa shape index (κ1) is 14.5. The maximum absolute atomic E-state index is 13.1. The molecular weight excluding hydrogens is 265 g/mol. The molecule has 0 aromatic carbocycles. The number of hydrogen-bond acceptors (Lipinski definition) is 3. The fourth-order valence-electron chi connectivity index (χ4n) is 2.65. The molecule has 7 heteroatoms. The van der Waals surface area contributed by atoms with Crippen molar-refractivity contribution < 1.29 is 19.1 Å². The molecule has 0 unspecified atom stereocenters. The normalized spacial score (nSPS) is 22.4. The molecule has 1 saturated carbocycles. The highest BCUT2D eigenvalue weighted by atomic mass is 19.1. The predicted molar refractivity (Wildman–Crippen MR) is 68.6 cm³/mol. The van der Waals surface area contributed by atoms with Crippen LogP contribution in [-0.4, -0.2) is 33.7 Å². The molecule has 0 aliphatic heterocycles. The van der Waals surface area contributed by atoms with E-state index in [9.17, 15) is 14.0 Å². The Labute approximate surface area is 115 Å². The molecule has 1 aromatic rings. The molecule has 1 fully saturated rings. The highest BCUT2D eigenvalue weighted by molar-refractivity contribution is 5.93. The lowest BCUT2D eigenvalue weighted by Crippen LogP contribution is -2.31. The van der Waals surface area contributed by atoms with E-state index in [1.54, 1.807) is 0 Å². The summed E-state index contributed by atoms with van der Waals surface area (Å²) in [6.45, 7) is 0.489. The molecule has 0 spiro atoms. The number of carbonyl (C=O) groups excluding carboxylic acids is 1. The fraction of sp³-hybridized carbons (Fsp3) is 0.615. The standard InChI is InChI=1S/C13H18FN3O3/c14-12-10(7-16-17-12)13(20)15-6-9-3-1-8(2-4-9)5-11(18)19/h7-9H,1-6H2,(H,15,20)(H,16,17)(H,18,19). The Bertz CT molecular complexity index is 481. The van der Waals surface area contributed by atoms with Crippen molar-refractivity contribution in [2.24, 2.45) is 11.8 Å². The van der Waals surface area contributed by atoms with Gasteiger partial charge in [0.2, 0.25) is 5.95 Å². The van der Waals surface area contributed by atoms with Crippen LogP contribution in [-0.2, 0) is 4.79 Å². The van der Waals surface area contributed by atoms with Crippen molar-refractivity contribution >= 4 is 11.9 Å². The van der Waals surface area contributed by atoms with Crippen molar-refractivity contribution in [3.05, 3.63) is 17.7 Å². The van der Waals surface area contributed by atoms with Gasteiger partial charge in [0.25, 0.3) is 5.91 Å². The van der Waals surface area contributed by atoms with E-state index in [0.29, 0.717) is 12.5 Å². The van der Waals surface area contributed by atoms with Crippen LogP contribution in [0.5, 0.6) is 0 Å². The minimum atomic E-state index is -0.753. The van der Waals surface area contributed by atoms with Crippen LogP contribution in [0.15, 0.2) is 6.20 Å². The Balaban J connectivity index is 1.72. The number of aromatic amines is 1. The number of aliphatic carboxylic acids is 1. The van der Waals surface area contributed by atoms with Crippen LogP contribution in [0.3, 0.4) is 0 Å². The number of carboxylic acid groups (broad SMARTS) is 1. The van der Waals surface area contributed by atoms with Crippen molar-refractivity contribution in [3.8, 4) is 0 Å². The van der Waals surface area contributed by atoms with Crippen LogP contribution in [0.4, 0.5) is 4.39 Å². The zero-order valence-corrected chi connectivity index (χ0v) is 11.1. The molecular formula is C13H18FN3O3. The average molecular weight is 283 g/mol. The number of amides is 1. The first-order valence-corrected chi connectivity index (χ1v) is 6.75. The molecule has 6 nitrogen and oxygen atoms in total. The summed E-state index contributed by atoms with van der Waals surface area (Å²) >= 11 is 0. The lowest BCUT2D eigenvalue weighted by molar-refractivity contribution is -0.138. The summed E-state index contributed by atoms with van der Waals surface area (Å²) in [4.78, 5) is 22.3. The molecule has 0 radical (unpaired) electrons. The average Bonchev–Trinajstić information content (AvgIpc) is 2.83. The molecule has 1 amide bonds. The predicted octanol–water partition coefficient (Wildman–Crippen LogP) is 1.56. The van der Waals surface area contributed by atoms with Gasteiger partial charge in [-0.3, -0.25) is 14.7 Å². The lowest BCUT2D eigenvalue weighted by Gasteiger charge is -2.27. The SMILES string of the molecule is O=C(O)CC1CCC(CNC(=O)c2cn[nH]c2F)CC1. The number of aromatic nitrogens is 2. The van der Waals surface area contributed by atoms with Gasteiger partial charge in [-0.25, -0.2) is 0 Å². The number of nitrogens with zero attached hydrogens (tertiary/aromatic N) is 1. The molecule has 0 atom stereocenters. The van der Waals surface area contributed by atoms with Crippen molar-refractivity contribution in [2.45, 2.75) is 32.1 Å². The third kappa shape index (κ3) is 3.79. The zero-order valence-electron chi connectivity index (χ0n) is 11.1. The van der Waals surface area contributed by atoms with Gasteiger partial charge in [-0.1, -0.05) is 0 Å². The van der Waals surface area contributed by atoms with Gasteiger partial charge in [-0.05, 0) is 37.5 Å². The first-order valence-electron chi connectivity index (χ1n) is 6.75. The van der Waals surface area contributed by atoms with Gasteiger partial charge in [0.05, 0.1) is 6.20 Å². The molecule has 3 N–H and O–H groups in total. The van der Waals surface area contributed by atoms with Crippen LogP contribution < -0.4 is 5.32 Å². The second kappa shape index (κ2) is 6.49. The monoisotopic (exact) mass is 283 g/mol. The molecule has 1 aliphatic carbocycles. The Morgan fingerprint density at radius 3 is 2.55 bits per heavy atom. The Hall–Kier alpha value is -1.92. The van der Waals surface area contributed by atoms with Crippen molar-refractivity contribution in [1.29, 1.82) is 0 Å². The summed E-state index contributed by atoms with van der Waals surface area (Å²) in [6.07, 6.45) is 4.91. The molecule has 110 valence electrons. The number of nitrogens with one attached hydrogen (secondary N) is 2. The van der Waals surface area contributed by atoms with E-state index in [0.717, 1.165) is 31.9 Å². The summed E-state index contributed by atoms with van der Waals surface area (Å²) in [5.41, 5.74) is -0.0791. The number of carboxylic acids is 1. The molecule has 1 aliphatic rings. The summed E-state index contributed by atoms with van der Waals surface area (Å²) in [5, 5.41) is 17.0. The second-order valence-corrected chi connectivity index (χ2v) is 5.29. The van der Waals surface area contributed by atoms with Crippen LogP contribution >= 0.6 is 0 Å². The number of hydrogen-bond donors (Lipinski definition) is 3. The van der Waals surface area contributed by atoms with Gasteiger partial charge < -0.3 is 10.4 Å². The quantitative estimate of drug-likeness (QED) is 0.764. The van der Waals surface area contributed by atoms with Crippen LogP contribution in [0, 0.1) is 17.8 Å². The fourth-order valence-corrected chi connectivity index (χ4v) is 2.65. The number of H-pyrrole nitrogens is 1. The number of rotatable bonds is 5. The molecule has 0 bridgehead atoms. The van der Waals surface area contributed by atoms with Crippen LogP contribution in [0.1, 0.15) is 42.5 Å². The van der Waals surface area contributed by atoms with Gasteiger partial charge in [0, 0.05) is 13.0 Å². The van der Waals surface area contributed by atoms with Gasteiger partial charge in [0.15, 0.2) is 0 Å². The number of halogens is 1. The van der Waals surface area contributed by atoms with E-state index in [1.165, 1.54) is 0 Å². The maximum atomic E-state index is 13.1. The maximum Gasteiger partial charge on any atom is 0.303 e. The van der Waals surface area contributed by atoms with Gasteiger partial charge in [-0.2, -0.15) is 9.49 Å². The number of carbonyl (C=O) groups is 2. The highest BCUT2D eigenvalue weighted by Crippen LogP contribution is 2.30. The largest absolute Gasteiger partial charge is 0.481 e. The van der Waals surface area contributed by atoms with Crippen LogP contribution in [0.2, 0.25) is 0 Å². The van der Waals surface area contributed by atoms with Crippen molar-refractivity contribution in [3.63, 3.8) is 0 Å². The molecule has 2 rings (SSSR count). The van der Waals surface area contributed by atoms with E-state index in [4.69, 9.17) is 5.11 Å². The van der Waals surface area contributed by atoms with Gasteiger partial charge in [0.1, 0.15) is 5.56 Å². The summed E-state index contributed by atoms with van der Waals surface area (Å²) in [7, 11) is 0. The van der Waals surface area contributed by atoms with E-state index in [2.05, 4.69) is 15.5 Å². The van der Waals surface area contributed by atoms with Crippen molar-refractivity contribution in [2.75, 3.05) is 6.54 Å². The molecule has 0 saturated heterocycles. The first-order chi connectivity index (χ1) is 9.56. The van der Waals surface area contributed by atoms with Gasteiger partial charge >= 0.3 is 5.97 Å². The second-order valence-electron chi connectivity index (χ2n) is 5.29. The molecule has 1 heterocycles. The topological polar surface area (TPSA) is 95.1 Å². The highest BCUT2D eigenvalue weighted by Gasteiger charge is 2.23. The van der Waals surface area contributed by atoms with Gasteiger partial charge in [-0.15, -0.1) is 0 Å². The summed E-state index contributed by atoms with van der Waals surface area (Å²) in [5.74, 6) is -1.38. The van der Waals surface area contributed by atoms with E-state index < -0.39 is 17.8 Å². The molecule has 20 heavy (non-hydrogen) atoms. The lowest BCUT2D eigenvalue weighted by atomic mass is 9.80. The van der Waals surface area contributed by atoms with Crippen LogP contribution in [0.25, 0.3) is 0 Å². The minimum Gasteiger partial charge on any atom is -0.481 e. The third-order valence-corrected chi connectivity index (χ3v) is 3.82. The van der Waals surface area contributed by atoms with Crippen molar-refractivity contribution in [1.82, 2.24) is 15.5 Å². The summed E-state index contributed by atoms with van der Waals surface area (Å²) < 4.78 is 13.1. The third-order valence-electron chi connectivity index (χ3n) is 3.82. The molecule has 1 aromatic heterocycles. The van der Waals surface area contributed by atoms with E-state index in [-0.39, 0.29) is 17.9 Å². The van der Waals surface area contributed by atoms with E-state index >= 15 is 0 Å². The van der Waals surface area contributed by atoms with E-state index in [1.807, 2.05) is 0 Å². The minimum absolute atomic E-state index is 0.0791. The Morgan fingerprint density at radius 2 is 2.00 bits per heavy atom. The summed E-state index contributed by atoms with van der Waals surface area (Å²) in [6, 6.07) is 0. The smallest absolute Gasteiger partial charge is 0.303 e. The Morgan fingerprint density at radius 1 is 1.35 bits per heavy atom. The zero-order chi connectivity index (χ0) is 14.5.